The van der Waals surface area contributed by atoms with E-state index >= 15 is 0 Å². The summed E-state index contributed by atoms with van der Waals surface area (Å²) >= 11 is 0. The van der Waals surface area contributed by atoms with Gasteiger partial charge in [0.05, 0.1) is 13.2 Å². The lowest BCUT2D eigenvalue weighted by atomic mass is 10.2. The quantitative estimate of drug-likeness (QED) is 0.713. The first-order valence-electron chi connectivity index (χ1n) is 9.09. The zero-order valence-electron chi connectivity index (χ0n) is 15.5. The standard InChI is InChI=1S/C18H18F3N7O/c1-2-14-24-17(27-26-14)12-10-28(7-8-29-12)15-9-13(18(19,20)21)23-16(25-15)11-5-3-4-6-22-11/h3-6,9,12H,2,7-8,10H2,1H3,(H,24,26,27). The van der Waals surface area contributed by atoms with Crippen LogP contribution in [0.2, 0.25) is 0 Å². The summed E-state index contributed by atoms with van der Waals surface area (Å²) in [5.74, 6) is 1.28. The minimum atomic E-state index is -4.60. The minimum absolute atomic E-state index is 0.0790. The molecule has 0 saturated carbocycles. The third-order valence-corrected chi connectivity index (χ3v) is 4.46. The number of rotatable bonds is 4. The van der Waals surface area contributed by atoms with Gasteiger partial charge >= 0.3 is 6.18 Å². The number of nitrogens with zero attached hydrogens (tertiary/aromatic N) is 6. The highest BCUT2D eigenvalue weighted by molar-refractivity contribution is 5.54. The van der Waals surface area contributed by atoms with Crippen LogP contribution in [-0.2, 0) is 17.3 Å². The number of aromatic amines is 1. The van der Waals surface area contributed by atoms with Crippen LogP contribution in [0.15, 0.2) is 30.5 Å². The molecule has 1 N–H and O–H groups in total. The molecule has 1 aliphatic heterocycles. The van der Waals surface area contributed by atoms with Gasteiger partial charge in [0.15, 0.2) is 17.3 Å². The number of H-pyrrole nitrogens is 1. The van der Waals surface area contributed by atoms with Crippen LogP contribution in [0.1, 0.15) is 30.4 Å². The van der Waals surface area contributed by atoms with Crippen LogP contribution in [0.4, 0.5) is 19.0 Å². The summed E-state index contributed by atoms with van der Waals surface area (Å²) in [5.41, 5.74) is -0.747. The maximum absolute atomic E-state index is 13.4. The molecule has 0 radical (unpaired) electrons. The highest BCUT2D eigenvalue weighted by Crippen LogP contribution is 2.32. The number of hydrogen-bond acceptors (Lipinski definition) is 7. The molecule has 3 aromatic heterocycles. The van der Waals surface area contributed by atoms with E-state index in [1.54, 1.807) is 23.1 Å². The molecule has 11 heteroatoms. The number of pyridine rings is 1. The third kappa shape index (κ3) is 4.19. The Morgan fingerprint density at radius 1 is 1.24 bits per heavy atom. The highest BCUT2D eigenvalue weighted by atomic mass is 19.4. The van der Waals surface area contributed by atoms with Gasteiger partial charge in [-0.3, -0.25) is 10.1 Å². The first kappa shape index (κ1) is 19.2. The zero-order valence-corrected chi connectivity index (χ0v) is 15.5. The second kappa shape index (κ2) is 7.74. The molecule has 29 heavy (non-hydrogen) atoms. The van der Waals surface area contributed by atoms with Crippen molar-refractivity contribution >= 4 is 5.82 Å². The van der Waals surface area contributed by atoms with Gasteiger partial charge in [-0.15, -0.1) is 0 Å². The Morgan fingerprint density at radius 2 is 2.10 bits per heavy atom. The third-order valence-electron chi connectivity index (χ3n) is 4.46. The van der Waals surface area contributed by atoms with Gasteiger partial charge in [-0.2, -0.15) is 18.3 Å². The molecule has 4 heterocycles. The van der Waals surface area contributed by atoms with Gasteiger partial charge in [-0.25, -0.2) is 15.0 Å². The fourth-order valence-corrected chi connectivity index (χ4v) is 2.98. The van der Waals surface area contributed by atoms with Gasteiger partial charge in [0.1, 0.15) is 23.4 Å². The van der Waals surface area contributed by atoms with Gasteiger partial charge in [-0.1, -0.05) is 13.0 Å². The Hall–Kier alpha value is -3.08. The van der Waals surface area contributed by atoms with Crippen molar-refractivity contribution in [2.24, 2.45) is 0 Å². The Kier molecular flexibility index (Phi) is 5.14. The number of alkyl halides is 3. The Bertz CT molecular complexity index is 977. The average Bonchev–Trinajstić information content (AvgIpc) is 3.23. The van der Waals surface area contributed by atoms with Crippen LogP contribution in [-0.4, -0.2) is 49.8 Å². The Labute approximate surface area is 164 Å². The van der Waals surface area contributed by atoms with E-state index in [2.05, 4.69) is 30.1 Å². The van der Waals surface area contributed by atoms with Gasteiger partial charge < -0.3 is 9.64 Å². The van der Waals surface area contributed by atoms with Crippen LogP contribution in [0, 0.1) is 0 Å². The van der Waals surface area contributed by atoms with Crippen molar-refractivity contribution in [2.75, 3.05) is 24.6 Å². The normalized spacial score (nSPS) is 17.5. The van der Waals surface area contributed by atoms with Crippen LogP contribution < -0.4 is 4.90 Å². The summed E-state index contributed by atoms with van der Waals surface area (Å²) in [6.07, 6.45) is -2.90. The van der Waals surface area contributed by atoms with Crippen LogP contribution in [0.5, 0.6) is 0 Å². The molecule has 1 atom stereocenters. The predicted octanol–water partition coefficient (Wildman–Crippen LogP) is 2.82. The van der Waals surface area contributed by atoms with E-state index in [1.807, 2.05) is 6.92 Å². The topological polar surface area (TPSA) is 92.7 Å². The molecule has 0 amide bonds. The lowest BCUT2D eigenvalue weighted by Crippen LogP contribution is -2.39. The van der Waals surface area contributed by atoms with E-state index in [4.69, 9.17) is 4.74 Å². The summed E-state index contributed by atoms with van der Waals surface area (Å²) in [7, 11) is 0. The highest BCUT2D eigenvalue weighted by Gasteiger charge is 2.35. The van der Waals surface area contributed by atoms with E-state index < -0.39 is 18.0 Å². The summed E-state index contributed by atoms with van der Waals surface area (Å²) in [4.78, 5) is 18.2. The summed E-state index contributed by atoms with van der Waals surface area (Å²) in [6.45, 7) is 2.91. The first-order valence-corrected chi connectivity index (χ1v) is 9.09. The number of anilines is 1. The Morgan fingerprint density at radius 3 is 2.79 bits per heavy atom. The van der Waals surface area contributed by atoms with Gasteiger partial charge in [0, 0.05) is 25.2 Å². The molecule has 4 rings (SSSR count). The lowest BCUT2D eigenvalue weighted by Gasteiger charge is -2.32. The first-order chi connectivity index (χ1) is 13.9. The van der Waals surface area contributed by atoms with E-state index in [9.17, 15) is 13.2 Å². The molecule has 8 nitrogen and oxygen atoms in total. The molecule has 1 saturated heterocycles. The van der Waals surface area contributed by atoms with Crippen LogP contribution >= 0.6 is 0 Å². The van der Waals surface area contributed by atoms with Crippen molar-refractivity contribution in [2.45, 2.75) is 25.6 Å². The number of halogens is 3. The second-order valence-corrected chi connectivity index (χ2v) is 6.45. The molecular formula is C18H18F3N7O. The number of nitrogens with one attached hydrogen (secondary N) is 1. The van der Waals surface area contributed by atoms with Crippen LogP contribution in [0.25, 0.3) is 11.5 Å². The van der Waals surface area contributed by atoms with Gasteiger partial charge in [-0.05, 0) is 12.1 Å². The summed E-state index contributed by atoms with van der Waals surface area (Å²) in [6, 6.07) is 5.86. The average molecular weight is 405 g/mol. The second-order valence-electron chi connectivity index (χ2n) is 6.45. The molecular weight excluding hydrogens is 387 g/mol. The molecule has 0 spiro atoms. The maximum Gasteiger partial charge on any atom is 0.433 e. The number of aromatic nitrogens is 6. The van der Waals surface area contributed by atoms with Gasteiger partial charge in [0.25, 0.3) is 0 Å². The summed E-state index contributed by atoms with van der Waals surface area (Å²) in [5, 5.41) is 6.97. The van der Waals surface area contributed by atoms with Gasteiger partial charge in [0.2, 0.25) is 0 Å². The SMILES string of the molecule is CCc1nc(C2CN(c3cc(C(F)(F)F)nc(-c4ccccn4)n3)CCO2)n[nH]1. The Balaban J connectivity index is 1.67. The number of ether oxygens (including phenoxy) is 1. The van der Waals surface area contributed by atoms with Crippen LogP contribution in [0.3, 0.4) is 0 Å². The van der Waals surface area contributed by atoms with Crippen molar-refractivity contribution in [1.82, 2.24) is 30.1 Å². The van der Waals surface area contributed by atoms with Crippen molar-refractivity contribution in [3.05, 3.63) is 47.8 Å². The predicted molar refractivity (Wildman–Crippen MR) is 96.9 cm³/mol. The fourth-order valence-electron chi connectivity index (χ4n) is 2.98. The maximum atomic E-state index is 13.4. The molecule has 0 aromatic carbocycles. The molecule has 0 bridgehead atoms. The zero-order chi connectivity index (χ0) is 20.4. The fraction of sp³-hybridized carbons (Fsp3) is 0.389. The largest absolute Gasteiger partial charge is 0.433 e. The smallest absolute Gasteiger partial charge is 0.366 e. The van der Waals surface area contributed by atoms with E-state index in [0.717, 1.165) is 11.9 Å². The van der Waals surface area contributed by atoms with E-state index in [1.165, 1.54) is 6.20 Å². The van der Waals surface area contributed by atoms with Crippen molar-refractivity contribution in [1.29, 1.82) is 0 Å². The molecule has 1 unspecified atom stereocenters. The molecule has 1 fully saturated rings. The number of hydrogen-bond donors (Lipinski definition) is 1. The molecule has 152 valence electrons. The molecule has 1 aliphatic rings. The summed E-state index contributed by atoms with van der Waals surface area (Å²) < 4.78 is 46.0. The van der Waals surface area contributed by atoms with E-state index in [-0.39, 0.29) is 23.9 Å². The van der Waals surface area contributed by atoms with E-state index in [0.29, 0.717) is 25.4 Å². The number of morpholine rings is 1. The molecule has 3 aromatic rings. The van der Waals surface area contributed by atoms with Crippen molar-refractivity contribution in [3.63, 3.8) is 0 Å². The van der Waals surface area contributed by atoms with Crippen molar-refractivity contribution in [3.8, 4) is 11.5 Å². The molecule has 0 aliphatic carbocycles. The number of aryl methyl sites for hydroxylation is 1. The lowest BCUT2D eigenvalue weighted by molar-refractivity contribution is -0.141. The minimum Gasteiger partial charge on any atom is -0.366 e. The monoisotopic (exact) mass is 405 g/mol. The van der Waals surface area contributed by atoms with Crippen molar-refractivity contribution < 1.29 is 17.9 Å².